The van der Waals surface area contributed by atoms with Crippen LogP contribution in [0.15, 0.2) is 71.7 Å². The van der Waals surface area contributed by atoms with Gasteiger partial charge in [-0.2, -0.15) is 5.10 Å². The largest absolute Gasteiger partial charge is 0.369 e. The highest BCUT2D eigenvalue weighted by Crippen LogP contribution is 2.31. The van der Waals surface area contributed by atoms with Gasteiger partial charge in [0.25, 0.3) is 5.56 Å². The fraction of sp³-hybridized carbons (Fsp3) is 0.292. The monoisotopic (exact) mass is 400 g/mol. The summed E-state index contributed by atoms with van der Waals surface area (Å²) in [5.74, 6) is 0.135. The van der Waals surface area contributed by atoms with Crippen molar-refractivity contribution in [3.8, 4) is 0 Å². The molecule has 1 atom stereocenters. The second kappa shape index (κ2) is 7.78. The van der Waals surface area contributed by atoms with Crippen LogP contribution < -0.4 is 15.4 Å². The number of fused-ring (bicyclic) bond motifs is 1. The van der Waals surface area contributed by atoms with E-state index < -0.39 is 0 Å². The highest BCUT2D eigenvalue weighted by molar-refractivity contribution is 5.97. The maximum atomic E-state index is 13.1. The molecule has 6 nitrogen and oxygen atoms in total. The molecule has 6 heteroatoms. The summed E-state index contributed by atoms with van der Waals surface area (Å²) in [6, 6.07) is 19.6. The lowest BCUT2D eigenvalue weighted by atomic mass is 10.1. The van der Waals surface area contributed by atoms with Crippen molar-refractivity contribution < 1.29 is 4.79 Å². The Morgan fingerprint density at radius 3 is 2.67 bits per heavy atom. The van der Waals surface area contributed by atoms with Gasteiger partial charge in [-0.25, -0.2) is 4.68 Å². The minimum absolute atomic E-state index is 0.0529. The number of hydrogen-bond donors (Lipinski definition) is 0. The van der Waals surface area contributed by atoms with Gasteiger partial charge in [-0.05, 0) is 30.0 Å². The first-order chi connectivity index (χ1) is 14.7. The quantitative estimate of drug-likeness (QED) is 0.676. The Balaban J connectivity index is 1.27. The van der Waals surface area contributed by atoms with E-state index in [0.29, 0.717) is 13.1 Å². The van der Waals surface area contributed by atoms with Crippen LogP contribution in [-0.2, 0) is 17.8 Å². The Kier molecular flexibility index (Phi) is 4.83. The molecule has 0 N–H and O–H groups in total. The van der Waals surface area contributed by atoms with E-state index in [4.69, 9.17) is 0 Å². The first kappa shape index (κ1) is 18.6. The van der Waals surface area contributed by atoms with Gasteiger partial charge >= 0.3 is 0 Å². The summed E-state index contributed by atoms with van der Waals surface area (Å²) < 4.78 is 1.47. The number of carbonyl (C=O) groups excluding carboxylic acids is 1. The van der Waals surface area contributed by atoms with Crippen molar-refractivity contribution in [2.75, 3.05) is 29.4 Å². The number of aromatic nitrogens is 2. The highest BCUT2D eigenvalue weighted by Gasteiger charge is 2.34. The van der Waals surface area contributed by atoms with E-state index in [0.717, 1.165) is 42.9 Å². The number of amides is 1. The smallest absolute Gasteiger partial charge is 0.269 e. The molecule has 1 amide bonds. The first-order valence-electron chi connectivity index (χ1n) is 10.4. The second-order valence-corrected chi connectivity index (χ2v) is 8.00. The van der Waals surface area contributed by atoms with Crippen molar-refractivity contribution in [3.05, 3.63) is 88.3 Å². The molecule has 1 unspecified atom stereocenters. The lowest BCUT2D eigenvalue weighted by Gasteiger charge is -2.22. The molecule has 0 bridgehead atoms. The maximum absolute atomic E-state index is 13.1. The number of para-hydroxylation sites is 1. The van der Waals surface area contributed by atoms with Gasteiger partial charge in [0, 0.05) is 31.4 Å². The van der Waals surface area contributed by atoms with Crippen LogP contribution in [0, 0.1) is 5.92 Å². The van der Waals surface area contributed by atoms with Crippen LogP contribution in [0.3, 0.4) is 0 Å². The zero-order valence-corrected chi connectivity index (χ0v) is 16.8. The van der Waals surface area contributed by atoms with E-state index >= 15 is 0 Å². The Bertz CT molecular complexity index is 1130. The van der Waals surface area contributed by atoms with E-state index in [-0.39, 0.29) is 17.4 Å². The van der Waals surface area contributed by atoms with E-state index in [1.54, 1.807) is 12.3 Å². The van der Waals surface area contributed by atoms with Crippen molar-refractivity contribution in [1.29, 1.82) is 0 Å². The van der Waals surface area contributed by atoms with Gasteiger partial charge in [0.2, 0.25) is 5.91 Å². The van der Waals surface area contributed by atoms with Crippen molar-refractivity contribution in [2.45, 2.75) is 19.4 Å². The summed E-state index contributed by atoms with van der Waals surface area (Å²) >= 11 is 0. The number of anilines is 2. The van der Waals surface area contributed by atoms with Crippen molar-refractivity contribution in [1.82, 2.24) is 9.78 Å². The molecule has 3 heterocycles. The molecule has 30 heavy (non-hydrogen) atoms. The average Bonchev–Trinajstić information content (AvgIpc) is 3.43. The summed E-state index contributed by atoms with van der Waals surface area (Å²) in [5.41, 5.74) is 4.00. The van der Waals surface area contributed by atoms with Crippen LogP contribution in [0.2, 0.25) is 0 Å². The molecule has 3 aromatic rings. The van der Waals surface area contributed by atoms with Gasteiger partial charge in [-0.3, -0.25) is 9.59 Å². The fourth-order valence-corrected chi connectivity index (χ4v) is 4.46. The van der Waals surface area contributed by atoms with Crippen LogP contribution in [0.5, 0.6) is 0 Å². The van der Waals surface area contributed by atoms with Crippen LogP contribution in [0.1, 0.15) is 17.5 Å². The van der Waals surface area contributed by atoms with Gasteiger partial charge < -0.3 is 9.80 Å². The predicted octanol–water partition coefficient (Wildman–Crippen LogP) is 2.71. The molecule has 2 aliphatic rings. The van der Waals surface area contributed by atoms with E-state index in [1.165, 1.54) is 10.2 Å². The SMILES string of the molecule is O=C(C1CCN(c2cnn(Cc3ccccc3)c(=O)c2)C1)N1CCc2ccccc21. The van der Waals surface area contributed by atoms with Crippen LogP contribution >= 0.6 is 0 Å². The molecular weight excluding hydrogens is 376 g/mol. The lowest BCUT2D eigenvalue weighted by Crippen LogP contribution is -2.36. The Labute approximate surface area is 175 Å². The zero-order valence-electron chi connectivity index (χ0n) is 16.8. The highest BCUT2D eigenvalue weighted by atomic mass is 16.2. The fourth-order valence-electron chi connectivity index (χ4n) is 4.46. The van der Waals surface area contributed by atoms with Gasteiger partial charge in [-0.1, -0.05) is 48.5 Å². The molecule has 2 aliphatic heterocycles. The number of nitrogens with zero attached hydrogens (tertiary/aromatic N) is 4. The summed E-state index contributed by atoms with van der Waals surface area (Å²) in [5, 5.41) is 4.36. The first-order valence-corrected chi connectivity index (χ1v) is 10.4. The number of benzene rings is 2. The molecule has 1 saturated heterocycles. The third-order valence-electron chi connectivity index (χ3n) is 6.09. The maximum Gasteiger partial charge on any atom is 0.269 e. The van der Waals surface area contributed by atoms with Crippen molar-refractivity contribution >= 4 is 17.3 Å². The van der Waals surface area contributed by atoms with Crippen molar-refractivity contribution in [2.24, 2.45) is 5.92 Å². The van der Waals surface area contributed by atoms with E-state index in [9.17, 15) is 9.59 Å². The number of carbonyl (C=O) groups is 1. The molecule has 0 radical (unpaired) electrons. The van der Waals surface area contributed by atoms with Gasteiger partial charge in [-0.15, -0.1) is 0 Å². The van der Waals surface area contributed by atoms with E-state index in [1.807, 2.05) is 53.4 Å². The van der Waals surface area contributed by atoms with Crippen LogP contribution in [-0.4, -0.2) is 35.3 Å². The zero-order chi connectivity index (χ0) is 20.5. The second-order valence-electron chi connectivity index (χ2n) is 8.00. The Morgan fingerprint density at radius 1 is 1.03 bits per heavy atom. The molecule has 0 aliphatic carbocycles. The third-order valence-corrected chi connectivity index (χ3v) is 6.09. The van der Waals surface area contributed by atoms with Crippen molar-refractivity contribution in [3.63, 3.8) is 0 Å². The summed E-state index contributed by atoms with van der Waals surface area (Å²) in [7, 11) is 0. The van der Waals surface area contributed by atoms with E-state index in [2.05, 4.69) is 16.1 Å². The van der Waals surface area contributed by atoms with Crippen LogP contribution in [0.25, 0.3) is 0 Å². The molecule has 5 rings (SSSR count). The number of rotatable bonds is 4. The average molecular weight is 400 g/mol. The predicted molar refractivity (Wildman–Crippen MR) is 117 cm³/mol. The standard InChI is InChI=1S/C24H24N4O2/c29-23-14-21(15-25-28(23)16-18-6-2-1-3-7-18)26-12-10-20(17-26)24(30)27-13-11-19-8-4-5-9-22(19)27/h1-9,14-15,20H,10-13,16-17H2. The minimum atomic E-state index is -0.125. The van der Waals surface area contributed by atoms with Gasteiger partial charge in [0.1, 0.15) is 0 Å². The van der Waals surface area contributed by atoms with Crippen LogP contribution in [0.4, 0.5) is 11.4 Å². The molecular formula is C24H24N4O2. The Hall–Kier alpha value is -3.41. The molecule has 0 spiro atoms. The van der Waals surface area contributed by atoms with Gasteiger partial charge in [0.05, 0.1) is 24.3 Å². The normalized spacial score (nSPS) is 17.9. The summed E-state index contributed by atoms with van der Waals surface area (Å²) in [4.78, 5) is 29.7. The lowest BCUT2D eigenvalue weighted by molar-refractivity contribution is -0.121. The molecule has 152 valence electrons. The summed E-state index contributed by atoms with van der Waals surface area (Å²) in [6.45, 7) is 2.60. The molecule has 0 saturated carbocycles. The van der Waals surface area contributed by atoms with Gasteiger partial charge in [0.15, 0.2) is 0 Å². The molecule has 2 aromatic carbocycles. The minimum Gasteiger partial charge on any atom is -0.369 e. The number of hydrogen-bond acceptors (Lipinski definition) is 4. The summed E-state index contributed by atoms with van der Waals surface area (Å²) in [6.07, 6.45) is 3.45. The molecule has 1 fully saturated rings. The topological polar surface area (TPSA) is 58.4 Å². The molecule has 1 aromatic heterocycles. The third kappa shape index (κ3) is 3.49. The Morgan fingerprint density at radius 2 is 1.83 bits per heavy atom.